The van der Waals surface area contributed by atoms with Crippen LogP contribution in [0.3, 0.4) is 0 Å². The molecule has 0 saturated heterocycles. The zero-order valence-corrected chi connectivity index (χ0v) is 31.0. The number of benzene rings is 5. The Hall–Kier alpha value is -2.18. The predicted molar refractivity (Wildman–Crippen MR) is 167 cm³/mol. The Bertz CT molecular complexity index is 1650. The van der Waals surface area contributed by atoms with Gasteiger partial charge in [-0.05, 0) is 72.8 Å². The number of rotatable bonds is 6. The van der Waals surface area contributed by atoms with Crippen LogP contribution in [0.2, 0.25) is 0 Å². The zero-order valence-electron chi connectivity index (χ0n) is 23.4. The molecule has 0 nitrogen and oxygen atoms in total. The van der Waals surface area contributed by atoms with Crippen molar-refractivity contribution in [3.63, 3.8) is 0 Å². The maximum absolute atomic E-state index is 11.2. The molecule has 0 amide bonds. The predicted octanol–water partition coefficient (Wildman–Crippen LogP) is 12.1. The molecule has 0 aliphatic carbocycles. The Balaban J connectivity index is 0.000000360. The molecule has 0 aliphatic heterocycles. The Morgan fingerprint density at radius 2 is 0.468 bits per heavy atom. The van der Waals surface area contributed by atoms with Crippen LogP contribution in [0.25, 0.3) is 0 Å². The fourth-order valence-corrected chi connectivity index (χ4v) is 8.06. The van der Waals surface area contributed by atoms with E-state index >= 15 is 0 Å². The summed E-state index contributed by atoms with van der Waals surface area (Å²) in [6.07, 6.45) is 0. The van der Waals surface area contributed by atoms with E-state index in [1.54, 1.807) is 0 Å². The van der Waals surface area contributed by atoms with E-state index < -0.39 is 39.0 Å². The number of hydrogen-bond donors (Lipinski definition) is 0. The molecule has 5 rings (SSSR count). The molecule has 0 fully saturated rings. The molecule has 5 aromatic carbocycles. The third kappa shape index (κ3) is 17.7. The van der Waals surface area contributed by atoms with E-state index in [4.69, 9.17) is 12.6 Å². The summed E-state index contributed by atoms with van der Waals surface area (Å²) in [5.74, 6) is 0. The summed E-state index contributed by atoms with van der Waals surface area (Å²) in [7, 11) is -0.315. The van der Waals surface area contributed by atoms with Crippen molar-refractivity contribution in [1.29, 1.82) is 0 Å². The monoisotopic (exact) mass is 949 g/mol. The molecule has 0 heterocycles. The first kappa shape index (κ1) is 39.3. The Labute approximate surface area is 278 Å². The van der Waals surface area contributed by atoms with E-state index in [2.05, 4.69) is 127 Å². The Morgan fingerprint density at radius 1 is 0.298 bits per heavy atom. The molecule has 0 N–H and O–H groups in total. The minimum Gasteiger partial charge on any atom is -0.780 e. The summed E-state index contributed by atoms with van der Waals surface area (Å²) in [4.78, 5) is 8.78. The molecule has 0 saturated carbocycles. The molecule has 5 aromatic rings. The SMILES string of the molecule is [F][Sb-]([F])([F])([F])([F])[F].[F][Sb-]([F])([F])([F])([F])[F].[S-]c1ccc([S+](c2ccccc2)c2ccc([S+](c3ccccc3)c3ccccc3)cc2)cc1. The second-order valence-electron chi connectivity index (χ2n) is 9.41. The first-order valence-corrected chi connectivity index (χ1v) is 27.3. The third-order valence-electron chi connectivity index (χ3n) is 5.29. The molecule has 0 aromatic heterocycles. The van der Waals surface area contributed by atoms with Crippen molar-refractivity contribution in [2.75, 3.05) is 0 Å². The summed E-state index contributed by atoms with van der Waals surface area (Å²) in [6.45, 7) is 0. The van der Waals surface area contributed by atoms with Crippen LogP contribution in [-0.2, 0) is 34.4 Å². The van der Waals surface area contributed by atoms with E-state index in [9.17, 15) is 33.8 Å². The van der Waals surface area contributed by atoms with Crippen LogP contribution in [0.1, 0.15) is 0 Å². The van der Waals surface area contributed by atoms with Crippen molar-refractivity contribution in [2.45, 2.75) is 34.3 Å². The van der Waals surface area contributed by atoms with E-state index in [1.807, 2.05) is 12.1 Å². The van der Waals surface area contributed by atoms with Crippen molar-refractivity contribution in [2.24, 2.45) is 0 Å². The van der Waals surface area contributed by atoms with Gasteiger partial charge < -0.3 is 12.6 Å². The zero-order chi connectivity index (χ0) is 35.3. The normalized spacial score (nSPS) is 15.3. The van der Waals surface area contributed by atoms with E-state index in [1.165, 1.54) is 29.4 Å². The second kappa shape index (κ2) is 13.3. The minimum atomic E-state index is -11.2. The second-order valence-corrected chi connectivity index (χ2v) is 24.9. The van der Waals surface area contributed by atoms with Crippen LogP contribution >= 0.6 is 0 Å². The average Bonchev–Trinajstić information content (AvgIpc) is 2.94. The van der Waals surface area contributed by atoms with Crippen molar-refractivity contribution in [3.05, 3.63) is 140 Å². The molecule has 1 unspecified atom stereocenters. The van der Waals surface area contributed by atoms with Crippen LogP contribution in [0.4, 0.5) is 33.8 Å². The standard InChI is InChI=1S/C30H23S3.12FH.2Sb/c31-24-16-18-28(19-17-24)33(27-14-8-3-9-15-27)30-22-20-29(21-23-30)32(25-10-4-1-5-11-25)26-12-6-2-7-13-26;;;;;;;;;;;;;;/h1-23H;12*1H;;/q+1;;;;;;;;;;;;;2*+5/p-12. The van der Waals surface area contributed by atoms with E-state index in [0.717, 1.165) is 4.90 Å². The Morgan fingerprint density at radius 3 is 0.681 bits per heavy atom. The summed E-state index contributed by atoms with van der Waals surface area (Å²) in [5.41, 5.74) is 0. The first-order chi connectivity index (χ1) is 21.2. The van der Waals surface area contributed by atoms with Gasteiger partial charge in [0.15, 0.2) is 29.4 Å². The number of halogens is 12. The van der Waals surface area contributed by atoms with Gasteiger partial charge in [0.2, 0.25) is 0 Å². The maximum Gasteiger partial charge on any atom is 0.166 e. The molecule has 1 atom stereocenters. The van der Waals surface area contributed by atoms with Gasteiger partial charge in [-0.25, -0.2) is 0 Å². The molecule has 0 bridgehead atoms. The molecular weight excluding hydrogens is 928 g/mol. The van der Waals surface area contributed by atoms with Gasteiger partial charge in [0.05, 0.1) is 21.8 Å². The third-order valence-corrected chi connectivity index (χ3v) is 10.0. The van der Waals surface area contributed by atoms with Gasteiger partial charge in [-0.15, -0.1) is 0 Å². The van der Waals surface area contributed by atoms with Gasteiger partial charge in [0, 0.05) is 0 Å². The topological polar surface area (TPSA) is 0 Å². The summed E-state index contributed by atoms with van der Waals surface area (Å²) in [5, 5.41) is 0. The Kier molecular flexibility index (Phi) is 11.1. The molecule has 17 heteroatoms. The summed E-state index contributed by atoms with van der Waals surface area (Å²) >= 11 is -17.2. The fraction of sp³-hybridized carbons (Fsp3) is 0. The van der Waals surface area contributed by atoms with Crippen molar-refractivity contribution in [1.82, 2.24) is 0 Å². The van der Waals surface area contributed by atoms with Crippen LogP contribution in [0, 0.1) is 0 Å². The van der Waals surface area contributed by atoms with Crippen LogP contribution < -0.4 is 0 Å². The van der Waals surface area contributed by atoms with Crippen molar-refractivity contribution in [3.8, 4) is 0 Å². The smallest absolute Gasteiger partial charge is 0.166 e. The molecule has 0 aliphatic rings. The molecule has 0 spiro atoms. The summed E-state index contributed by atoms with van der Waals surface area (Å²) in [6, 6.07) is 50.0. The van der Waals surface area contributed by atoms with Gasteiger partial charge >= 0.3 is 72.7 Å². The van der Waals surface area contributed by atoms with Crippen molar-refractivity contribution < 1.29 is 33.8 Å². The van der Waals surface area contributed by atoms with Gasteiger partial charge in [0.25, 0.3) is 0 Å². The molecule has 256 valence electrons. The maximum atomic E-state index is 9.93. The van der Waals surface area contributed by atoms with Gasteiger partial charge in [-0.3, -0.25) is 0 Å². The fourth-order valence-electron chi connectivity index (χ4n) is 3.77. The van der Waals surface area contributed by atoms with Gasteiger partial charge in [0.1, 0.15) is 0 Å². The average molecular weight is 951 g/mol. The van der Waals surface area contributed by atoms with E-state index in [0.29, 0.717) is 0 Å². The molecule has 0 radical (unpaired) electrons. The molecule has 47 heavy (non-hydrogen) atoms. The quantitative estimate of drug-likeness (QED) is 0.0707. The summed E-state index contributed by atoms with van der Waals surface area (Å²) < 4.78 is 119. The van der Waals surface area contributed by atoms with Crippen molar-refractivity contribution >= 4 is 73.4 Å². The largest absolute Gasteiger partial charge is 0.780 e. The van der Waals surface area contributed by atoms with Gasteiger partial charge in [-0.1, -0.05) is 66.7 Å². The number of hydrogen-bond acceptors (Lipinski definition) is 1. The molecular formula is C30H23F12S3Sb2-. The van der Waals surface area contributed by atoms with Gasteiger partial charge in [-0.2, -0.15) is 4.90 Å². The minimum absolute atomic E-state index is 0.139. The van der Waals surface area contributed by atoms with Crippen LogP contribution in [-0.4, -0.2) is 39.0 Å². The first-order valence-electron chi connectivity index (χ1n) is 12.8. The van der Waals surface area contributed by atoms with E-state index in [-0.39, 0.29) is 21.8 Å². The van der Waals surface area contributed by atoms with Crippen LogP contribution in [0.15, 0.2) is 174 Å². The van der Waals surface area contributed by atoms with Crippen LogP contribution in [0.5, 0.6) is 0 Å².